The smallest absolute Gasteiger partial charge is 0.244 e. The first-order valence-corrected chi connectivity index (χ1v) is 8.52. The second-order valence-corrected chi connectivity index (χ2v) is 7.19. The Morgan fingerprint density at radius 3 is 2.52 bits per heavy atom. The van der Waals surface area contributed by atoms with Crippen LogP contribution in [-0.2, 0) is 17.8 Å². The first-order chi connectivity index (χ1) is 10.9. The van der Waals surface area contributed by atoms with Crippen LogP contribution in [0.3, 0.4) is 0 Å². The molecule has 0 atom stereocenters. The van der Waals surface area contributed by atoms with Gasteiger partial charge < -0.3 is 10.6 Å². The van der Waals surface area contributed by atoms with Crippen LogP contribution < -0.4 is 5.73 Å². The van der Waals surface area contributed by atoms with Gasteiger partial charge in [0.15, 0.2) is 0 Å². The fourth-order valence-corrected chi connectivity index (χ4v) is 2.85. The number of carbonyl (C=O) groups excluding carboxylic acids is 1. The van der Waals surface area contributed by atoms with Crippen molar-refractivity contribution in [2.75, 3.05) is 32.7 Å². The zero-order valence-corrected chi connectivity index (χ0v) is 14.7. The number of unbranched alkanes of at least 4 members (excludes halogenated alkanes) is 1. The van der Waals surface area contributed by atoms with Crippen molar-refractivity contribution in [3.05, 3.63) is 11.9 Å². The molecule has 1 fully saturated rings. The number of hydrogen-bond donors (Lipinski definition) is 1. The molecule has 23 heavy (non-hydrogen) atoms. The SMILES string of the molecule is CC(C)(C)N1CCN(C(=O)Cn2cc(CCCCN)nn2)CC1. The molecule has 1 amide bonds. The first kappa shape index (κ1) is 17.9. The monoisotopic (exact) mass is 322 g/mol. The third-order valence-corrected chi connectivity index (χ3v) is 4.35. The van der Waals surface area contributed by atoms with Crippen molar-refractivity contribution >= 4 is 5.91 Å². The van der Waals surface area contributed by atoms with Crippen LogP contribution in [0, 0.1) is 0 Å². The highest BCUT2D eigenvalue weighted by atomic mass is 16.2. The third-order valence-electron chi connectivity index (χ3n) is 4.35. The van der Waals surface area contributed by atoms with E-state index >= 15 is 0 Å². The second kappa shape index (κ2) is 7.88. The van der Waals surface area contributed by atoms with Crippen molar-refractivity contribution in [3.8, 4) is 0 Å². The van der Waals surface area contributed by atoms with Crippen LogP contribution in [0.15, 0.2) is 6.20 Å². The van der Waals surface area contributed by atoms with Gasteiger partial charge in [-0.05, 0) is 46.6 Å². The highest BCUT2D eigenvalue weighted by molar-refractivity contribution is 5.76. The Morgan fingerprint density at radius 1 is 1.22 bits per heavy atom. The van der Waals surface area contributed by atoms with Crippen molar-refractivity contribution in [2.24, 2.45) is 5.73 Å². The van der Waals surface area contributed by atoms with E-state index in [0.29, 0.717) is 6.54 Å². The van der Waals surface area contributed by atoms with E-state index in [1.165, 1.54) is 0 Å². The largest absolute Gasteiger partial charge is 0.339 e. The molecule has 1 aliphatic heterocycles. The van der Waals surface area contributed by atoms with Crippen LogP contribution in [0.25, 0.3) is 0 Å². The summed E-state index contributed by atoms with van der Waals surface area (Å²) in [5.41, 5.74) is 6.59. The zero-order chi connectivity index (χ0) is 16.9. The molecule has 0 saturated carbocycles. The number of aromatic nitrogens is 3. The summed E-state index contributed by atoms with van der Waals surface area (Å²) in [4.78, 5) is 16.7. The molecule has 0 aromatic carbocycles. The molecular formula is C16H30N6O. The summed E-state index contributed by atoms with van der Waals surface area (Å²) in [5.74, 6) is 0.122. The summed E-state index contributed by atoms with van der Waals surface area (Å²) in [6.45, 7) is 11.0. The van der Waals surface area contributed by atoms with E-state index in [-0.39, 0.29) is 18.0 Å². The van der Waals surface area contributed by atoms with E-state index in [4.69, 9.17) is 5.73 Å². The fraction of sp³-hybridized carbons (Fsp3) is 0.812. The van der Waals surface area contributed by atoms with Crippen LogP contribution in [0.2, 0.25) is 0 Å². The van der Waals surface area contributed by atoms with Gasteiger partial charge in [-0.3, -0.25) is 9.69 Å². The maximum absolute atomic E-state index is 12.4. The standard InChI is InChI=1S/C16H30N6O/c1-16(2,3)21-10-8-20(9-11-21)15(23)13-22-12-14(18-19-22)6-4-5-7-17/h12H,4-11,13,17H2,1-3H3. The lowest BCUT2D eigenvalue weighted by molar-refractivity contribution is -0.134. The van der Waals surface area contributed by atoms with Gasteiger partial charge >= 0.3 is 0 Å². The number of nitrogens with zero attached hydrogens (tertiary/aromatic N) is 5. The summed E-state index contributed by atoms with van der Waals surface area (Å²) in [7, 11) is 0. The van der Waals surface area contributed by atoms with E-state index in [1.807, 2.05) is 11.1 Å². The Hall–Kier alpha value is -1.47. The van der Waals surface area contributed by atoms with Crippen molar-refractivity contribution in [2.45, 2.75) is 52.1 Å². The Labute approximate surface area is 138 Å². The molecule has 1 aliphatic rings. The van der Waals surface area contributed by atoms with Gasteiger partial charge in [-0.15, -0.1) is 5.10 Å². The Morgan fingerprint density at radius 2 is 1.91 bits per heavy atom. The molecule has 0 aliphatic carbocycles. The minimum absolute atomic E-state index is 0.122. The molecule has 2 N–H and O–H groups in total. The topological polar surface area (TPSA) is 80.3 Å². The second-order valence-electron chi connectivity index (χ2n) is 7.19. The average molecular weight is 322 g/mol. The van der Waals surface area contributed by atoms with Crippen LogP contribution >= 0.6 is 0 Å². The van der Waals surface area contributed by atoms with Gasteiger partial charge in [0.2, 0.25) is 5.91 Å². The van der Waals surface area contributed by atoms with E-state index < -0.39 is 0 Å². The highest BCUT2D eigenvalue weighted by Crippen LogP contribution is 2.16. The number of carbonyl (C=O) groups is 1. The summed E-state index contributed by atoms with van der Waals surface area (Å²) in [6, 6.07) is 0. The summed E-state index contributed by atoms with van der Waals surface area (Å²) >= 11 is 0. The van der Waals surface area contributed by atoms with Crippen LogP contribution in [-0.4, -0.2) is 69.0 Å². The number of aryl methyl sites for hydroxylation is 1. The van der Waals surface area contributed by atoms with Crippen molar-refractivity contribution in [1.82, 2.24) is 24.8 Å². The van der Waals surface area contributed by atoms with Gasteiger partial charge in [0.1, 0.15) is 6.54 Å². The van der Waals surface area contributed by atoms with Gasteiger partial charge in [0, 0.05) is 37.9 Å². The highest BCUT2D eigenvalue weighted by Gasteiger charge is 2.27. The predicted octanol–water partition coefficient (Wildman–Crippen LogP) is 0.502. The molecule has 2 heterocycles. The lowest BCUT2D eigenvalue weighted by Crippen LogP contribution is -2.55. The van der Waals surface area contributed by atoms with Crippen LogP contribution in [0.1, 0.15) is 39.3 Å². The van der Waals surface area contributed by atoms with Gasteiger partial charge in [0.25, 0.3) is 0 Å². The summed E-state index contributed by atoms with van der Waals surface area (Å²) in [6.07, 6.45) is 4.75. The molecule has 7 nitrogen and oxygen atoms in total. The third kappa shape index (κ3) is 5.28. The van der Waals surface area contributed by atoms with E-state index in [1.54, 1.807) is 4.68 Å². The van der Waals surface area contributed by atoms with Crippen LogP contribution in [0.4, 0.5) is 0 Å². The molecule has 1 aromatic heterocycles. The van der Waals surface area contributed by atoms with Gasteiger partial charge in [-0.1, -0.05) is 5.21 Å². The zero-order valence-electron chi connectivity index (χ0n) is 14.7. The minimum atomic E-state index is 0.122. The fourth-order valence-electron chi connectivity index (χ4n) is 2.85. The molecular weight excluding hydrogens is 292 g/mol. The number of rotatable bonds is 6. The molecule has 0 unspecified atom stereocenters. The molecule has 2 rings (SSSR count). The Balaban J connectivity index is 1.79. The summed E-state index contributed by atoms with van der Waals surface area (Å²) in [5, 5.41) is 8.19. The van der Waals surface area contributed by atoms with E-state index in [9.17, 15) is 4.79 Å². The average Bonchev–Trinajstić information content (AvgIpc) is 2.94. The predicted molar refractivity (Wildman–Crippen MR) is 89.9 cm³/mol. The van der Waals surface area contributed by atoms with Gasteiger partial charge in [0.05, 0.1) is 5.69 Å². The normalized spacial score (nSPS) is 16.8. The van der Waals surface area contributed by atoms with Crippen LogP contribution in [0.5, 0.6) is 0 Å². The van der Waals surface area contributed by atoms with Gasteiger partial charge in [-0.25, -0.2) is 4.68 Å². The van der Waals surface area contributed by atoms with E-state index in [2.05, 4.69) is 36.0 Å². The number of piperazine rings is 1. The van der Waals surface area contributed by atoms with Gasteiger partial charge in [-0.2, -0.15) is 0 Å². The van der Waals surface area contributed by atoms with Crippen molar-refractivity contribution < 1.29 is 4.79 Å². The number of nitrogens with two attached hydrogens (primary N) is 1. The molecule has 1 saturated heterocycles. The molecule has 0 spiro atoms. The minimum Gasteiger partial charge on any atom is -0.339 e. The Kier molecular flexibility index (Phi) is 6.12. The quantitative estimate of drug-likeness (QED) is 0.772. The summed E-state index contributed by atoms with van der Waals surface area (Å²) < 4.78 is 1.65. The molecule has 0 bridgehead atoms. The number of amides is 1. The van der Waals surface area contributed by atoms with E-state index in [0.717, 1.165) is 51.1 Å². The van der Waals surface area contributed by atoms with Crippen molar-refractivity contribution in [3.63, 3.8) is 0 Å². The maximum atomic E-state index is 12.4. The first-order valence-electron chi connectivity index (χ1n) is 8.52. The molecule has 7 heteroatoms. The van der Waals surface area contributed by atoms with Crippen molar-refractivity contribution in [1.29, 1.82) is 0 Å². The molecule has 1 aromatic rings. The molecule has 0 radical (unpaired) electrons. The molecule has 130 valence electrons. The maximum Gasteiger partial charge on any atom is 0.244 e. The Bertz CT molecular complexity index is 499. The lowest BCUT2D eigenvalue weighted by atomic mass is 10.1. The number of hydrogen-bond acceptors (Lipinski definition) is 5. The lowest BCUT2D eigenvalue weighted by Gasteiger charge is -2.42.